The number of rotatable bonds is 5. The summed E-state index contributed by atoms with van der Waals surface area (Å²) in [5.41, 5.74) is 3.82. The summed E-state index contributed by atoms with van der Waals surface area (Å²) in [5, 5.41) is 6.06. The number of nitrogens with zero attached hydrogens (tertiary/aromatic N) is 1. The second kappa shape index (κ2) is 8.08. The molecule has 0 fully saturated rings. The van der Waals surface area contributed by atoms with Crippen LogP contribution in [0.15, 0.2) is 27.5 Å². The van der Waals surface area contributed by atoms with E-state index in [1.807, 2.05) is 38.3 Å². The number of amides is 1. The number of carbonyl (C=O) groups is 1. The van der Waals surface area contributed by atoms with Crippen LogP contribution in [0.5, 0.6) is 5.75 Å². The van der Waals surface area contributed by atoms with Gasteiger partial charge in [-0.2, -0.15) is 0 Å². The van der Waals surface area contributed by atoms with E-state index in [4.69, 9.17) is 21.1 Å². The van der Waals surface area contributed by atoms with Gasteiger partial charge in [0.2, 0.25) is 0 Å². The molecular weight excluding hydrogens is 454 g/mol. The standard InChI is InChI=1S/C18H19BrClN3O3S/c1-18(2,3)23-17(24)26-7-14-16(19)11-4-12(20)15(5-13(11)22-14)25-6-10-8-27-9-21-10/h4-5,8-9,22H,6-7H2,1-3H3,(H,23,24). The lowest BCUT2D eigenvalue weighted by atomic mass is 10.1. The lowest BCUT2D eigenvalue weighted by molar-refractivity contribution is 0.130. The van der Waals surface area contributed by atoms with E-state index < -0.39 is 6.09 Å². The Morgan fingerprint density at radius 3 is 2.81 bits per heavy atom. The van der Waals surface area contributed by atoms with E-state index in [2.05, 4.69) is 31.2 Å². The van der Waals surface area contributed by atoms with E-state index in [1.165, 1.54) is 11.3 Å². The van der Waals surface area contributed by atoms with Crippen molar-refractivity contribution in [2.24, 2.45) is 0 Å². The van der Waals surface area contributed by atoms with Crippen molar-refractivity contribution >= 4 is 55.9 Å². The molecule has 0 bridgehead atoms. The largest absolute Gasteiger partial charge is 0.486 e. The van der Waals surface area contributed by atoms with Crippen LogP contribution >= 0.6 is 38.9 Å². The molecule has 3 aromatic rings. The van der Waals surface area contributed by atoms with Crippen molar-refractivity contribution in [1.82, 2.24) is 15.3 Å². The van der Waals surface area contributed by atoms with Crippen LogP contribution in [0, 0.1) is 0 Å². The molecule has 0 atom stereocenters. The minimum atomic E-state index is -0.474. The minimum Gasteiger partial charge on any atom is -0.486 e. The summed E-state index contributed by atoms with van der Waals surface area (Å²) in [5.74, 6) is 0.559. The predicted octanol–water partition coefficient (Wildman–Crippen LogP) is 5.64. The molecule has 0 aliphatic rings. The van der Waals surface area contributed by atoms with Crippen LogP contribution in [0.2, 0.25) is 5.02 Å². The van der Waals surface area contributed by atoms with Gasteiger partial charge in [0.15, 0.2) is 0 Å². The first-order valence-corrected chi connectivity index (χ1v) is 10.3. The highest BCUT2D eigenvalue weighted by molar-refractivity contribution is 9.10. The fourth-order valence-electron chi connectivity index (χ4n) is 2.37. The Hall–Kier alpha value is -1.77. The molecule has 2 heterocycles. The zero-order valence-electron chi connectivity index (χ0n) is 15.1. The molecule has 0 spiro atoms. The summed E-state index contributed by atoms with van der Waals surface area (Å²) in [6.45, 7) is 6.12. The summed E-state index contributed by atoms with van der Waals surface area (Å²) in [6, 6.07) is 3.64. The molecule has 144 valence electrons. The average Bonchev–Trinajstić information content (AvgIpc) is 3.18. The number of thiazole rings is 1. The highest BCUT2D eigenvalue weighted by Crippen LogP contribution is 2.36. The summed E-state index contributed by atoms with van der Waals surface area (Å²) in [6.07, 6.45) is -0.474. The van der Waals surface area contributed by atoms with Crippen molar-refractivity contribution < 1.29 is 14.3 Å². The summed E-state index contributed by atoms with van der Waals surface area (Å²) >= 11 is 11.4. The molecule has 0 aliphatic carbocycles. The summed E-state index contributed by atoms with van der Waals surface area (Å²) in [4.78, 5) is 19.3. The van der Waals surface area contributed by atoms with E-state index in [9.17, 15) is 4.79 Å². The number of benzene rings is 1. The van der Waals surface area contributed by atoms with Gasteiger partial charge in [-0.3, -0.25) is 0 Å². The fourth-order valence-corrected chi connectivity index (χ4v) is 3.67. The Morgan fingerprint density at radius 1 is 1.37 bits per heavy atom. The smallest absolute Gasteiger partial charge is 0.407 e. The second-order valence-corrected chi connectivity index (χ2v) is 8.88. The molecule has 0 saturated carbocycles. The first-order chi connectivity index (χ1) is 12.7. The van der Waals surface area contributed by atoms with Gasteiger partial charge in [-0.05, 0) is 42.8 Å². The van der Waals surface area contributed by atoms with Gasteiger partial charge < -0.3 is 19.8 Å². The van der Waals surface area contributed by atoms with E-state index in [1.54, 1.807) is 5.51 Å². The molecule has 9 heteroatoms. The van der Waals surface area contributed by atoms with Gasteiger partial charge >= 0.3 is 6.09 Å². The van der Waals surface area contributed by atoms with Gasteiger partial charge in [-0.15, -0.1) is 11.3 Å². The number of H-pyrrole nitrogens is 1. The third-order valence-corrected chi connectivity index (χ3v) is 5.38. The van der Waals surface area contributed by atoms with E-state index in [0.29, 0.717) is 17.4 Å². The quantitative estimate of drug-likeness (QED) is 0.503. The predicted molar refractivity (Wildman–Crippen MR) is 111 cm³/mol. The van der Waals surface area contributed by atoms with Crippen LogP contribution in [-0.4, -0.2) is 21.6 Å². The van der Waals surface area contributed by atoms with Gasteiger partial charge in [0, 0.05) is 26.8 Å². The van der Waals surface area contributed by atoms with E-state index in [0.717, 1.165) is 26.8 Å². The Labute approximate surface area is 174 Å². The Balaban J connectivity index is 1.74. The van der Waals surface area contributed by atoms with Crippen LogP contribution in [0.3, 0.4) is 0 Å². The molecule has 3 rings (SSSR count). The number of nitrogens with one attached hydrogen (secondary N) is 2. The van der Waals surface area contributed by atoms with E-state index in [-0.39, 0.29) is 12.1 Å². The van der Waals surface area contributed by atoms with E-state index >= 15 is 0 Å². The molecule has 2 aromatic heterocycles. The molecule has 1 aromatic carbocycles. The normalized spacial score (nSPS) is 11.6. The second-order valence-electron chi connectivity index (χ2n) is 6.97. The third kappa shape index (κ3) is 5.15. The molecule has 0 unspecified atom stereocenters. The number of ether oxygens (including phenoxy) is 2. The molecule has 0 radical (unpaired) electrons. The number of carbonyl (C=O) groups excluding carboxylic acids is 1. The third-order valence-electron chi connectivity index (χ3n) is 3.54. The van der Waals surface area contributed by atoms with Gasteiger partial charge in [-0.25, -0.2) is 9.78 Å². The monoisotopic (exact) mass is 471 g/mol. The van der Waals surface area contributed by atoms with Gasteiger partial charge in [0.1, 0.15) is 19.0 Å². The zero-order chi connectivity index (χ0) is 19.6. The first-order valence-electron chi connectivity index (χ1n) is 8.17. The lowest BCUT2D eigenvalue weighted by Crippen LogP contribution is -2.40. The molecular formula is C18H19BrClN3O3S. The first kappa shape index (κ1) is 20.0. The van der Waals surface area contributed by atoms with Gasteiger partial charge in [-0.1, -0.05) is 11.6 Å². The van der Waals surface area contributed by atoms with Crippen molar-refractivity contribution in [1.29, 1.82) is 0 Å². The van der Waals surface area contributed by atoms with Gasteiger partial charge in [0.05, 0.1) is 27.4 Å². The highest BCUT2D eigenvalue weighted by Gasteiger charge is 2.17. The fraction of sp³-hybridized carbons (Fsp3) is 0.333. The van der Waals surface area contributed by atoms with Crippen LogP contribution in [0.4, 0.5) is 4.79 Å². The Kier molecular flexibility index (Phi) is 5.98. The van der Waals surface area contributed by atoms with Crippen molar-refractivity contribution in [3.63, 3.8) is 0 Å². The van der Waals surface area contributed by atoms with Crippen molar-refractivity contribution in [2.45, 2.75) is 39.5 Å². The van der Waals surface area contributed by atoms with Crippen LogP contribution in [-0.2, 0) is 18.0 Å². The number of alkyl carbamates (subject to hydrolysis) is 1. The summed E-state index contributed by atoms with van der Waals surface area (Å²) < 4.78 is 11.9. The average molecular weight is 473 g/mol. The Morgan fingerprint density at radius 2 is 2.15 bits per heavy atom. The number of fused-ring (bicyclic) bond motifs is 1. The molecule has 6 nitrogen and oxygen atoms in total. The molecule has 1 amide bonds. The number of aromatic amines is 1. The SMILES string of the molecule is CC(C)(C)NC(=O)OCc1[nH]c2cc(OCc3cscn3)c(Cl)cc2c1Br. The highest BCUT2D eigenvalue weighted by atomic mass is 79.9. The van der Waals surface area contributed by atoms with Crippen LogP contribution < -0.4 is 10.1 Å². The van der Waals surface area contributed by atoms with Crippen molar-refractivity contribution in [3.8, 4) is 5.75 Å². The Bertz CT molecular complexity index is 951. The van der Waals surface area contributed by atoms with Crippen molar-refractivity contribution in [3.05, 3.63) is 43.9 Å². The van der Waals surface area contributed by atoms with Crippen LogP contribution in [0.1, 0.15) is 32.2 Å². The number of halogens is 2. The molecule has 0 saturated heterocycles. The van der Waals surface area contributed by atoms with Gasteiger partial charge in [0.25, 0.3) is 0 Å². The maximum atomic E-state index is 11.9. The molecule has 0 aliphatic heterocycles. The topological polar surface area (TPSA) is 76.2 Å². The summed E-state index contributed by atoms with van der Waals surface area (Å²) in [7, 11) is 0. The maximum Gasteiger partial charge on any atom is 0.407 e. The number of hydrogen-bond donors (Lipinski definition) is 2. The lowest BCUT2D eigenvalue weighted by Gasteiger charge is -2.19. The number of hydrogen-bond acceptors (Lipinski definition) is 5. The molecule has 27 heavy (non-hydrogen) atoms. The van der Waals surface area contributed by atoms with Crippen LogP contribution in [0.25, 0.3) is 10.9 Å². The van der Waals surface area contributed by atoms with Crippen molar-refractivity contribution in [2.75, 3.05) is 0 Å². The number of aromatic nitrogens is 2. The minimum absolute atomic E-state index is 0.101. The molecule has 2 N–H and O–H groups in total. The zero-order valence-corrected chi connectivity index (χ0v) is 18.2. The maximum absolute atomic E-state index is 11.9.